The van der Waals surface area contributed by atoms with Crippen LogP contribution in [0.1, 0.15) is 11.0 Å². The largest absolute Gasteiger partial charge is 0.479 e. The molecule has 3 nitrogen and oxygen atoms in total. The van der Waals surface area contributed by atoms with Gasteiger partial charge in [-0.1, -0.05) is 12.1 Å². The van der Waals surface area contributed by atoms with Gasteiger partial charge in [0.25, 0.3) is 0 Å². The third kappa shape index (κ3) is 1.71. The molecule has 2 N–H and O–H groups in total. The van der Waals surface area contributed by atoms with Crippen LogP contribution in [0.4, 0.5) is 4.39 Å². The molecule has 1 atom stereocenters. The summed E-state index contributed by atoms with van der Waals surface area (Å²) in [5, 5.41) is 18.5. The summed E-state index contributed by atoms with van der Waals surface area (Å²) in [5.41, 5.74) is 0. The summed E-state index contributed by atoms with van der Waals surface area (Å²) in [7, 11) is 0. The first kappa shape index (κ1) is 10.1. The summed E-state index contributed by atoms with van der Waals surface area (Å²) in [6.07, 6.45) is -1.58. The van der Waals surface area contributed by atoms with Crippen molar-refractivity contribution in [2.45, 2.75) is 6.10 Å². The monoisotopic (exact) mass is 226 g/mol. The van der Waals surface area contributed by atoms with Crippen LogP contribution in [-0.2, 0) is 4.79 Å². The summed E-state index contributed by atoms with van der Waals surface area (Å²) in [6.45, 7) is 0. The number of rotatable bonds is 2. The Bertz CT molecular complexity index is 520. The molecule has 78 valence electrons. The molecule has 0 saturated heterocycles. The van der Waals surface area contributed by atoms with Crippen LogP contribution >= 0.6 is 11.3 Å². The van der Waals surface area contributed by atoms with Gasteiger partial charge in [0, 0.05) is 4.88 Å². The van der Waals surface area contributed by atoms with Crippen molar-refractivity contribution in [1.29, 1.82) is 0 Å². The average Bonchev–Trinajstić information content (AvgIpc) is 2.61. The smallest absolute Gasteiger partial charge is 0.338 e. The maximum absolute atomic E-state index is 13.2. The standard InChI is InChI=1S/C10H7FO3S/c11-6-3-1-2-5-4-7(15-9(5)6)8(12)10(13)14/h1-4,8,12H,(H,13,14). The van der Waals surface area contributed by atoms with E-state index in [4.69, 9.17) is 5.11 Å². The molecule has 0 aliphatic carbocycles. The number of fused-ring (bicyclic) bond motifs is 1. The lowest BCUT2D eigenvalue weighted by atomic mass is 10.2. The van der Waals surface area contributed by atoms with E-state index in [-0.39, 0.29) is 4.88 Å². The van der Waals surface area contributed by atoms with Crippen LogP contribution in [0, 0.1) is 5.82 Å². The number of aliphatic hydroxyl groups is 1. The number of thiophene rings is 1. The van der Waals surface area contributed by atoms with Gasteiger partial charge in [-0.3, -0.25) is 0 Å². The van der Waals surface area contributed by atoms with Gasteiger partial charge in [0.2, 0.25) is 0 Å². The second kappa shape index (κ2) is 3.60. The highest BCUT2D eigenvalue weighted by atomic mass is 32.1. The van der Waals surface area contributed by atoms with Gasteiger partial charge in [0.1, 0.15) is 5.82 Å². The molecular weight excluding hydrogens is 219 g/mol. The zero-order valence-electron chi connectivity index (χ0n) is 7.48. The number of aliphatic hydroxyl groups excluding tert-OH is 1. The van der Waals surface area contributed by atoms with Gasteiger partial charge in [-0.2, -0.15) is 0 Å². The van der Waals surface area contributed by atoms with Crippen molar-refractivity contribution in [1.82, 2.24) is 0 Å². The van der Waals surface area contributed by atoms with Gasteiger partial charge in [-0.15, -0.1) is 11.3 Å². The lowest BCUT2D eigenvalue weighted by molar-refractivity contribution is -0.146. The minimum absolute atomic E-state index is 0.239. The maximum atomic E-state index is 13.2. The Morgan fingerprint density at radius 1 is 1.47 bits per heavy atom. The Hall–Kier alpha value is -1.46. The summed E-state index contributed by atoms with van der Waals surface area (Å²) in [4.78, 5) is 10.8. The molecule has 2 aromatic rings. The quantitative estimate of drug-likeness (QED) is 0.825. The molecule has 1 aromatic carbocycles. The summed E-state index contributed by atoms with van der Waals surface area (Å²) in [6, 6.07) is 6.01. The van der Waals surface area contributed by atoms with Crippen LogP contribution < -0.4 is 0 Å². The molecule has 0 saturated carbocycles. The molecule has 5 heteroatoms. The number of carboxylic acid groups (broad SMARTS) is 1. The van der Waals surface area contributed by atoms with Crippen LogP contribution in [0.2, 0.25) is 0 Å². The van der Waals surface area contributed by atoms with Gasteiger partial charge < -0.3 is 10.2 Å². The summed E-state index contributed by atoms with van der Waals surface area (Å²) < 4.78 is 13.6. The predicted octanol–water partition coefficient (Wildman–Crippen LogP) is 2.16. The molecule has 0 spiro atoms. The highest BCUT2D eigenvalue weighted by Gasteiger charge is 2.19. The van der Waals surface area contributed by atoms with Crippen LogP contribution in [0.25, 0.3) is 10.1 Å². The van der Waals surface area contributed by atoms with E-state index in [2.05, 4.69) is 0 Å². The van der Waals surface area contributed by atoms with E-state index < -0.39 is 17.9 Å². The molecule has 1 unspecified atom stereocenters. The lowest BCUT2D eigenvalue weighted by Crippen LogP contribution is -2.08. The van der Waals surface area contributed by atoms with E-state index in [0.717, 1.165) is 11.3 Å². The van der Waals surface area contributed by atoms with Gasteiger partial charge >= 0.3 is 5.97 Å². The molecule has 1 aromatic heterocycles. The van der Waals surface area contributed by atoms with Crippen molar-refractivity contribution in [2.75, 3.05) is 0 Å². The zero-order chi connectivity index (χ0) is 11.0. The molecule has 0 aliphatic heterocycles. The van der Waals surface area contributed by atoms with Crippen LogP contribution in [-0.4, -0.2) is 16.2 Å². The molecule has 15 heavy (non-hydrogen) atoms. The average molecular weight is 226 g/mol. The Balaban J connectivity index is 2.56. The highest BCUT2D eigenvalue weighted by Crippen LogP contribution is 2.31. The predicted molar refractivity (Wildman–Crippen MR) is 54.4 cm³/mol. The third-order valence-electron chi connectivity index (χ3n) is 2.02. The number of aliphatic carboxylic acids is 1. The lowest BCUT2D eigenvalue weighted by Gasteiger charge is -1.99. The van der Waals surface area contributed by atoms with Crippen LogP contribution in [0.5, 0.6) is 0 Å². The summed E-state index contributed by atoms with van der Waals surface area (Å²) >= 11 is 0.954. The fourth-order valence-corrected chi connectivity index (χ4v) is 2.35. The molecular formula is C10H7FO3S. The van der Waals surface area contributed by atoms with E-state index in [1.54, 1.807) is 12.1 Å². The highest BCUT2D eigenvalue weighted by molar-refractivity contribution is 7.19. The Kier molecular flexibility index (Phi) is 2.42. The molecule has 0 radical (unpaired) electrons. The Morgan fingerprint density at radius 3 is 2.80 bits per heavy atom. The van der Waals surface area contributed by atoms with Crippen molar-refractivity contribution in [3.05, 3.63) is 35.0 Å². The van der Waals surface area contributed by atoms with E-state index >= 15 is 0 Å². The van der Waals surface area contributed by atoms with Gasteiger partial charge in [0.05, 0.1) is 4.70 Å². The summed E-state index contributed by atoms with van der Waals surface area (Å²) in [5.74, 6) is -1.73. The van der Waals surface area contributed by atoms with E-state index in [9.17, 15) is 14.3 Å². The van der Waals surface area contributed by atoms with E-state index in [1.165, 1.54) is 12.1 Å². The van der Waals surface area contributed by atoms with Crippen molar-refractivity contribution in [3.8, 4) is 0 Å². The molecule has 1 heterocycles. The number of benzene rings is 1. The van der Waals surface area contributed by atoms with Crippen molar-refractivity contribution in [3.63, 3.8) is 0 Å². The fraction of sp³-hybridized carbons (Fsp3) is 0.100. The number of hydrogen-bond acceptors (Lipinski definition) is 3. The minimum Gasteiger partial charge on any atom is -0.479 e. The van der Waals surface area contributed by atoms with Crippen molar-refractivity contribution in [2.24, 2.45) is 0 Å². The first-order valence-corrected chi connectivity index (χ1v) is 5.00. The second-order valence-electron chi connectivity index (χ2n) is 3.05. The molecule has 0 amide bonds. The number of carboxylic acids is 1. The SMILES string of the molecule is O=C(O)C(O)c1cc2cccc(F)c2s1. The maximum Gasteiger partial charge on any atom is 0.338 e. The van der Waals surface area contributed by atoms with E-state index in [0.29, 0.717) is 10.1 Å². The molecule has 0 aliphatic rings. The number of halogens is 1. The van der Waals surface area contributed by atoms with Gasteiger partial charge in [0.15, 0.2) is 6.10 Å². The molecule has 0 fully saturated rings. The van der Waals surface area contributed by atoms with Gasteiger partial charge in [-0.05, 0) is 17.5 Å². The Labute approximate surface area is 88.4 Å². The van der Waals surface area contributed by atoms with Crippen molar-refractivity contribution < 1.29 is 19.4 Å². The normalized spacial score (nSPS) is 12.9. The minimum atomic E-state index is -1.58. The van der Waals surface area contributed by atoms with E-state index in [1.807, 2.05) is 0 Å². The second-order valence-corrected chi connectivity index (χ2v) is 4.13. The number of hydrogen-bond donors (Lipinski definition) is 2. The van der Waals surface area contributed by atoms with Crippen LogP contribution in [0.15, 0.2) is 24.3 Å². The molecule has 0 bridgehead atoms. The number of carbonyl (C=O) groups is 1. The van der Waals surface area contributed by atoms with Crippen molar-refractivity contribution >= 4 is 27.4 Å². The Morgan fingerprint density at radius 2 is 2.20 bits per heavy atom. The fourth-order valence-electron chi connectivity index (χ4n) is 1.30. The topological polar surface area (TPSA) is 57.5 Å². The first-order valence-electron chi connectivity index (χ1n) is 4.18. The zero-order valence-corrected chi connectivity index (χ0v) is 8.29. The van der Waals surface area contributed by atoms with Crippen LogP contribution in [0.3, 0.4) is 0 Å². The third-order valence-corrected chi connectivity index (χ3v) is 3.23. The van der Waals surface area contributed by atoms with Gasteiger partial charge in [-0.25, -0.2) is 9.18 Å². The first-order chi connectivity index (χ1) is 7.09. The molecule has 2 rings (SSSR count).